The van der Waals surface area contributed by atoms with Crippen molar-refractivity contribution in [3.8, 4) is 5.75 Å². The second kappa shape index (κ2) is 7.67. The van der Waals surface area contributed by atoms with Crippen molar-refractivity contribution in [2.24, 2.45) is 0 Å². The van der Waals surface area contributed by atoms with Gasteiger partial charge < -0.3 is 9.84 Å². The summed E-state index contributed by atoms with van der Waals surface area (Å²) < 4.78 is 5.98. The topological polar surface area (TPSA) is 74.3 Å². The lowest BCUT2D eigenvalue weighted by Gasteiger charge is -2.21. The third-order valence-corrected chi connectivity index (χ3v) is 4.63. The van der Waals surface area contributed by atoms with E-state index < -0.39 is 5.60 Å². The summed E-state index contributed by atoms with van der Waals surface area (Å²) in [5.74, 6) is 0.902. The van der Waals surface area contributed by atoms with Gasteiger partial charge >= 0.3 is 0 Å². The minimum Gasteiger partial charge on any atom is -0.492 e. The van der Waals surface area contributed by atoms with Crippen LogP contribution in [0.1, 0.15) is 12.1 Å². The highest BCUT2D eigenvalue weighted by Gasteiger charge is 2.39. The van der Waals surface area contributed by atoms with Crippen molar-refractivity contribution in [3.63, 3.8) is 0 Å². The van der Waals surface area contributed by atoms with Gasteiger partial charge in [0, 0.05) is 25.0 Å². The number of aromatic nitrogens is 3. The number of likely N-dealkylation sites (tertiary alicyclic amines) is 1. The number of H-pyrrole nitrogens is 1. The Morgan fingerprint density at radius 3 is 2.88 bits per heavy atom. The van der Waals surface area contributed by atoms with Crippen molar-refractivity contribution in [2.75, 3.05) is 26.2 Å². The molecule has 25 heavy (non-hydrogen) atoms. The molecule has 0 spiro atoms. The van der Waals surface area contributed by atoms with Gasteiger partial charge in [-0.25, -0.2) is 0 Å². The molecule has 0 amide bonds. The van der Waals surface area contributed by atoms with Gasteiger partial charge in [0.25, 0.3) is 0 Å². The van der Waals surface area contributed by atoms with E-state index in [1.54, 1.807) is 6.20 Å². The van der Waals surface area contributed by atoms with E-state index in [-0.39, 0.29) is 24.0 Å². The van der Waals surface area contributed by atoms with Crippen molar-refractivity contribution in [2.45, 2.75) is 12.0 Å². The second-order valence-electron chi connectivity index (χ2n) is 6.24. The Morgan fingerprint density at radius 1 is 1.20 bits per heavy atom. The van der Waals surface area contributed by atoms with Gasteiger partial charge in [0.2, 0.25) is 0 Å². The zero-order valence-corrected chi connectivity index (χ0v) is 16.1. The first-order chi connectivity index (χ1) is 11.7. The fourth-order valence-corrected chi connectivity index (χ4v) is 3.30. The second-order valence-corrected chi connectivity index (χ2v) is 6.24. The Bertz CT molecular complexity index is 822. The summed E-state index contributed by atoms with van der Waals surface area (Å²) in [4.78, 5) is 2.19. The molecule has 3 aromatic rings. The lowest BCUT2D eigenvalue weighted by Crippen LogP contribution is -2.33. The number of rotatable bonds is 5. The maximum atomic E-state index is 10.7. The molecule has 0 saturated carbocycles. The van der Waals surface area contributed by atoms with Crippen LogP contribution in [0.25, 0.3) is 10.8 Å². The molecule has 0 aliphatic carbocycles. The predicted octanol–water partition coefficient (Wildman–Crippen LogP) is 2.55. The first kappa shape index (κ1) is 18.1. The Labute approximate surface area is 163 Å². The summed E-state index contributed by atoms with van der Waals surface area (Å²) in [6.07, 6.45) is 2.25. The molecule has 4 rings (SSSR count). The molecule has 0 bridgehead atoms. The number of ether oxygens (including phenoxy) is 1. The van der Waals surface area contributed by atoms with E-state index in [0.717, 1.165) is 24.2 Å². The fraction of sp³-hybridized carbons (Fsp3) is 0.333. The average molecular weight is 452 g/mol. The van der Waals surface area contributed by atoms with Crippen molar-refractivity contribution in [1.82, 2.24) is 20.3 Å². The van der Waals surface area contributed by atoms with Gasteiger partial charge in [0.05, 0.1) is 6.20 Å². The van der Waals surface area contributed by atoms with Crippen molar-refractivity contribution >= 4 is 34.7 Å². The molecule has 1 aliphatic heterocycles. The molecule has 132 valence electrons. The van der Waals surface area contributed by atoms with Crippen molar-refractivity contribution < 1.29 is 9.84 Å². The normalized spacial score (nSPS) is 20.5. The van der Waals surface area contributed by atoms with Crippen LogP contribution in [0, 0.1) is 0 Å². The Morgan fingerprint density at radius 2 is 2.04 bits per heavy atom. The number of nitrogens with zero attached hydrogens (tertiary/aromatic N) is 3. The van der Waals surface area contributed by atoms with E-state index in [1.807, 2.05) is 24.3 Å². The standard InChI is InChI=1S/C18H20N4O2.HI/c23-18(17-12-19-21-20-17)8-9-22(13-18)10-11-24-16-7-3-5-14-4-1-2-6-15(14)16;/h1-7,12,23H,8-11,13H2,(H,19,20,21);1H. The molecular weight excluding hydrogens is 431 g/mol. The van der Waals surface area contributed by atoms with E-state index >= 15 is 0 Å². The summed E-state index contributed by atoms with van der Waals surface area (Å²) >= 11 is 0. The SMILES string of the molecule is I.OC1(c2cn[nH]n2)CCN(CCOc2cccc3ccccc23)C1. The molecule has 2 heterocycles. The molecule has 1 saturated heterocycles. The Hall–Kier alpha value is -1.71. The predicted molar refractivity (Wildman–Crippen MR) is 106 cm³/mol. The zero-order chi connectivity index (χ0) is 16.4. The van der Waals surface area contributed by atoms with Crippen LogP contribution < -0.4 is 4.74 Å². The van der Waals surface area contributed by atoms with Crippen molar-refractivity contribution in [3.05, 3.63) is 54.4 Å². The first-order valence-electron chi connectivity index (χ1n) is 8.16. The number of halogens is 1. The van der Waals surface area contributed by atoms with Crippen LogP contribution in [0.15, 0.2) is 48.7 Å². The first-order valence-corrected chi connectivity index (χ1v) is 8.16. The molecule has 1 fully saturated rings. The highest BCUT2D eigenvalue weighted by molar-refractivity contribution is 14.0. The maximum Gasteiger partial charge on any atom is 0.127 e. The lowest BCUT2D eigenvalue weighted by atomic mass is 10.0. The fourth-order valence-electron chi connectivity index (χ4n) is 3.30. The van der Waals surface area contributed by atoms with E-state index in [0.29, 0.717) is 25.3 Å². The number of benzene rings is 2. The Balaban J connectivity index is 0.00000182. The number of hydrogen-bond donors (Lipinski definition) is 2. The lowest BCUT2D eigenvalue weighted by molar-refractivity contribution is 0.0404. The number of hydrogen-bond acceptors (Lipinski definition) is 5. The van der Waals surface area contributed by atoms with Gasteiger partial charge in [-0.3, -0.25) is 4.90 Å². The minimum atomic E-state index is -0.910. The van der Waals surface area contributed by atoms with Gasteiger partial charge in [0.15, 0.2) is 0 Å². The zero-order valence-electron chi connectivity index (χ0n) is 13.8. The molecule has 1 aliphatic rings. The van der Waals surface area contributed by atoms with Gasteiger partial charge in [-0.2, -0.15) is 15.4 Å². The van der Waals surface area contributed by atoms with E-state index in [9.17, 15) is 5.11 Å². The quantitative estimate of drug-likeness (QED) is 0.583. The van der Waals surface area contributed by atoms with Crippen LogP contribution in [0.4, 0.5) is 0 Å². The van der Waals surface area contributed by atoms with Crippen molar-refractivity contribution in [1.29, 1.82) is 0 Å². The smallest absolute Gasteiger partial charge is 0.127 e. The van der Waals surface area contributed by atoms with Gasteiger partial charge in [-0.15, -0.1) is 24.0 Å². The number of aromatic amines is 1. The number of nitrogens with one attached hydrogen (secondary N) is 1. The molecular formula is C18H21IN4O2. The third kappa shape index (κ3) is 3.78. The molecule has 2 N–H and O–H groups in total. The number of aliphatic hydroxyl groups is 1. The molecule has 2 aromatic carbocycles. The maximum absolute atomic E-state index is 10.7. The Kier molecular flexibility index (Phi) is 5.55. The minimum absolute atomic E-state index is 0. The molecule has 6 nitrogen and oxygen atoms in total. The van der Waals surface area contributed by atoms with E-state index in [2.05, 4.69) is 38.5 Å². The largest absolute Gasteiger partial charge is 0.492 e. The van der Waals surface area contributed by atoms with Gasteiger partial charge in [0.1, 0.15) is 23.7 Å². The number of fused-ring (bicyclic) bond motifs is 1. The van der Waals surface area contributed by atoms with E-state index in [4.69, 9.17) is 4.74 Å². The summed E-state index contributed by atoms with van der Waals surface area (Å²) in [6, 6.07) is 14.3. The highest BCUT2D eigenvalue weighted by Crippen LogP contribution is 2.30. The van der Waals surface area contributed by atoms with E-state index in [1.165, 1.54) is 5.39 Å². The summed E-state index contributed by atoms with van der Waals surface area (Å²) in [5, 5.41) is 23.4. The molecule has 7 heteroatoms. The molecule has 0 radical (unpaired) electrons. The van der Waals surface area contributed by atoms with Crippen LogP contribution in [0.3, 0.4) is 0 Å². The van der Waals surface area contributed by atoms with Gasteiger partial charge in [-0.05, 0) is 17.9 Å². The molecule has 1 atom stereocenters. The number of β-amino-alcohol motifs (C(OH)–C–C–N with tert-alkyl or cyclic N) is 1. The average Bonchev–Trinajstić information content (AvgIpc) is 3.26. The van der Waals surface area contributed by atoms with Crippen LogP contribution in [-0.2, 0) is 5.60 Å². The van der Waals surface area contributed by atoms with Crippen LogP contribution >= 0.6 is 24.0 Å². The van der Waals surface area contributed by atoms with Crippen LogP contribution in [0.5, 0.6) is 5.75 Å². The van der Waals surface area contributed by atoms with Gasteiger partial charge in [-0.1, -0.05) is 36.4 Å². The highest BCUT2D eigenvalue weighted by atomic mass is 127. The summed E-state index contributed by atoms with van der Waals surface area (Å²) in [7, 11) is 0. The molecule has 1 unspecified atom stereocenters. The molecule has 1 aromatic heterocycles. The monoisotopic (exact) mass is 452 g/mol. The van der Waals surface area contributed by atoms with Crippen LogP contribution in [-0.4, -0.2) is 51.7 Å². The third-order valence-electron chi connectivity index (χ3n) is 4.63. The van der Waals surface area contributed by atoms with Crippen LogP contribution in [0.2, 0.25) is 0 Å². The summed E-state index contributed by atoms with van der Waals surface area (Å²) in [6.45, 7) is 2.73. The summed E-state index contributed by atoms with van der Waals surface area (Å²) in [5.41, 5.74) is -0.299.